The molecule has 2 aromatic carbocycles. The normalized spacial score (nSPS) is 10.8. The molecule has 0 aliphatic carbocycles. The first-order valence-electron chi connectivity index (χ1n) is 6.96. The Labute approximate surface area is 132 Å². The summed E-state index contributed by atoms with van der Waals surface area (Å²) in [5.41, 5.74) is 2.34. The number of H-pyrrole nitrogens is 1. The number of amides is 1. The van der Waals surface area contributed by atoms with Gasteiger partial charge in [-0.25, -0.2) is 0 Å². The number of carbonyl (C=O) groups is 1. The molecule has 0 radical (unpaired) electrons. The van der Waals surface area contributed by atoms with Gasteiger partial charge in [-0.2, -0.15) is 0 Å². The van der Waals surface area contributed by atoms with Gasteiger partial charge in [0.25, 0.3) is 5.91 Å². The number of aromatic amines is 1. The lowest BCUT2D eigenvalue weighted by Crippen LogP contribution is -2.25. The highest BCUT2D eigenvalue weighted by Crippen LogP contribution is 2.20. The van der Waals surface area contributed by atoms with Gasteiger partial charge in [-0.15, -0.1) is 0 Å². The summed E-state index contributed by atoms with van der Waals surface area (Å²) in [5, 5.41) is 13.9. The molecule has 1 aromatic heterocycles. The summed E-state index contributed by atoms with van der Waals surface area (Å²) in [4.78, 5) is 15.1. The number of hydrogen-bond acceptors (Lipinski definition) is 2. The second-order valence-electron chi connectivity index (χ2n) is 5.09. The van der Waals surface area contributed by atoms with Crippen molar-refractivity contribution in [3.8, 4) is 5.75 Å². The molecule has 0 bridgehead atoms. The maximum atomic E-state index is 12.1. The van der Waals surface area contributed by atoms with E-state index in [9.17, 15) is 9.90 Å². The first-order chi connectivity index (χ1) is 10.6. The molecular weight excluding hydrogens is 300 g/mol. The molecule has 0 fully saturated rings. The van der Waals surface area contributed by atoms with Gasteiger partial charge in [0.1, 0.15) is 11.4 Å². The molecule has 0 unspecified atom stereocenters. The summed E-state index contributed by atoms with van der Waals surface area (Å²) in [6.07, 6.45) is 0.740. The zero-order valence-corrected chi connectivity index (χ0v) is 12.5. The van der Waals surface area contributed by atoms with E-state index in [0.29, 0.717) is 17.3 Å². The summed E-state index contributed by atoms with van der Waals surface area (Å²) < 4.78 is 0. The van der Waals surface area contributed by atoms with Gasteiger partial charge in [0.05, 0.1) is 0 Å². The average molecular weight is 315 g/mol. The molecule has 5 heteroatoms. The zero-order chi connectivity index (χ0) is 15.5. The second kappa shape index (κ2) is 6.12. The number of phenolic OH excluding ortho intramolecular Hbond substituents is 1. The molecule has 0 spiro atoms. The maximum absolute atomic E-state index is 12.1. The standard InChI is InChI=1S/C17H15ClN2O2/c18-13-4-1-11(2-5-13)7-8-19-17(22)16-9-12-3-6-14(21)10-15(12)20-16/h1-6,9-10,20-21H,7-8H2,(H,19,22). The van der Waals surface area contributed by atoms with Gasteiger partial charge in [0, 0.05) is 28.5 Å². The number of halogens is 1. The van der Waals surface area contributed by atoms with E-state index in [0.717, 1.165) is 22.9 Å². The SMILES string of the molecule is O=C(NCCc1ccc(Cl)cc1)c1cc2ccc(O)cc2[nH]1. The molecule has 1 amide bonds. The lowest BCUT2D eigenvalue weighted by atomic mass is 10.1. The Kier molecular flexibility index (Phi) is 4.02. The quantitative estimate of drug-likeness (QED) is 0.690. The molecule has 0 aliphatic heterocycles. The van der Waals surface area contributed by atoms with Crippen LogP contribution in [0, 0.1) is 0 Å². The molecule has 1 heterocycles. The molecule has 112 valence electrons. The predicted molar refractivity (Wildman–Crippen MR) is 87.5 cm³/mol. The zero-order valence-electron chi connectivity index (χ0n) is 11.8. The summed E-state index contributed by atoms with van der Waals surface area (Å²) in [6.45, 7) is 0.543. The third-order valence-electron chi connectivity index (χ3n) is 3.46. The minimum atomic E-state index is -0.162. The highest BCUT2D eigenvalue weighted by molar-refractivity contribution is 6.30. The van der Waals surface area contributed by atoms with Crippen LogP contribution < -0.4 is 5.32 Å². The summed E-state index contributed by atoms with van der Waals surface area (Å²) in [5.74, 6) is 0.00806. The Balaban J connectivity index is 1.62. The van der Waals surface area contributed by atoms with Crippen molar-refractivity contribution in [1.82, 2.24) is 10.3 Å². The smallest absolute Gasteiger partial charge is 0.267 e. The topological polar surface area (TPSA) is 65.1 Å². The van der Waals surface area contributed by atoms with Crippen molar-refractivity contribution in [1.29, 1.82) is 0 Å². The van der Waals surface area contributed by atoms with Gasteiger partial charge in [-0.05, 0) is 42.3 Å². The maximum Gasteiger partial charge on any atom is 0.267 e. The first-order valence-corrected chi connectivity index (χ1v) is 7.34. The van der Waals surface area contributed by atoms with E-state index >= 15 is 0 Å². The minimum Gasteiger partial charge on any atom is -0.508 e. The van der Waals surface area contributed by atoms with E-state index < -0.39 is 0 Å². The molecule has 3 rings (SSSR count). The fourth-order valence-electron chi connectivity index (χ4n) is 2.30. The number of hydrogen-bond donors (Lipinski definition) is 3. The number of benzene rings is 2. The third kappa shape index (κ3) is 3.23. The highest BCUT2D eigenvalue weighted by atomic mass is 35.5. The fourth-order valence-corrected chi connectivity index (χ4v) is 2.43. The largest absolute Gasteiger partial charge is 0.508 e. The van der Waals surface area contributed by atoms with Crippen molar-refractivity contribution >= 4 is 28.4 Å². The summed E-state index contributed by atoms with van der Waals surface area (Å²) in [7, 11) is 0. The van der Waals surface area contributed by atoms with Gasteiger partial charge in [0.15, 0.2) is 0 Å². The Morgan fingerprint density at radius 1 is 1.14 bits per heavy atom. The van der Waals surface area contributed by atoms with Gasteiger partial charge < -0.3 is 15.4 Å². The van der Waals surface area contributed by atoms with Crippen molar-refractivity contribution in [2.24, 2.45) is 0 Å². The molecule has 4 nitrogen and oxygen atoms in total. The Hall–Kier alpha value is -2.46. The molecule has 0 saturated carbocycles. The number of fused-ring (bicyclic) bond motifs is 1. The van der Waals surface area contributed by atoms with Crippen molar-refractivity contribution in [2.45, 2.75) is 6.42 Å². The monoisotopic (exact) mass is 314 g/mol. The van der Waals surface area contributed by atoms with Crippen LogP contribution >= 0.6 is 11.6 Å². The van der Waals surface area contributed by atoms with E-state index in [2.05, 4.69) is 10.3 Å². The third-order valence-corrected chi connectivity index (χ3v) is 3.72. The van der Waals surface area contributed by atoms with E-state index in [1.54, 1.807) is 24.3 Å². The van der Waals surface area contributed by atoms with Crippen LogP contribution in [0.15, 0.2) is 48.5 Å². The molecule has 0 aliphatic rings. The van der Waals surface area contributed by atoms with Crippen molar-refractivity contribution in [3.63, 3.8) is 0 Å². The minimum absolute atomic E-state index is 0.162. The van der Waals surface area contributed by atoms with Gasteiger partial charge >= 0.3 is 0 Å². The fraction of sp³-hybridized carbons (Fsp3) is 0.118. The number of nitrogens with one attached hydrogen (secondary N) is 2. The van der Waals surface area contributed by atoms with Crippen molar-refractivity contribution in [3.05, 3.63) is 64.8 Å². The second-order valence-corrected chi connectivity index (χ2v) is 5.52. The van der Waals surface area contributed by atoms with E-state index in [4.69, 9.17) is 11.6 Å². The van der Waals surface area contributed by atoms with Crippen LogP contribution in [0.4, 0.5) is 0 Å². The Morgan fingerprint density at radius 2 is 1.91 bits per heavy atom. The van der Waals surface area contributed by atoms with Crippen LogP contribution in [0.3, 0.4) is 0 Å². The number of aromatic hydroxyl groups is 1. The van der Waals surface area contributed by atoms with Crippen LogP contribution in [0.1, 0.15) is 16.1 Å². The van der Waals surface area contributed by atoms with Crippen molar-refractivity contribution < 1.29 is 9.90 Å². The van der Waals surface area contributed by atoms with E-state index in [1.807, 2.05) is 24.3 Å². The van der Waals surface area contributed by atoms with E-state index in [-0.39, 0.29) is 11.7 Å². The lowest BCUT2D eigenvalue weighted by Gasteiger charge is -2.04. The van der Waals surface area contributed by atoms with Gasteiger partial charge in [-0.1, -0.05) is 23.7 Å². The number of phenols is 1. The Morgan fingerprint density at radius 3 is 2.68 bits per heavy atom. The number of carbonyl (C=O) groups excluding carboxylic acids is 1. The molecule has 3 aromatic rings. The van der Waals surface area contributed by atoms with Gasteiger partial charge in [0.2, 0.25) is 0 Å². The highest BCUT2D eigenvalue weighted by Gasteiger charge is 2.09. The van der Waals surface area contributed by atoms with Crippen molar-refractivity contribution in [2.75, 3.05) is 6.54 Å². The van der Waals surface area contributed by atoms with Crippen LogP contribution in [-0.2, 0) is 6.42 Å². The van der Waals surface area contributed by atoms with Crippen LogP contribution in [0.2, 0.25) is 5.02 Å². The predicted octanol–water partition coefficient (Wildman–Crippen LogP) is 3.50. The molecular formula is C17H15ClN2O2. The number of aromatic nitrogens is 1. The summed E-state index contributed by atoms with van der Waals surface area (Å²) >= 11 is 5.83. The molecule has 3 N–H and O–H groups in total. The first kappa shape index (κ1) is 14.5. The number of rotatable bonds is 4. The summed E-state index contributed by atoms with van der Waals surface area (Å²) in [6, 6.07) is 14.3. The molecule has 22 heavy (non-hydrogen) atoms. The van der Waals surface area contributed by atoms with E-state index in [1.165, 1.54) is 0 Å². The lowest BCUT2D eigenvalue weighted by molar-refractivity contribution is 0.0950. The van der Waals surface area contributed by atoms with Crippen LogP contribution in [-0.4, -0.2) is 22.5 Å². The van der Waals surface area contributed by atoms with Crippen LogP contribution in [0.5, 0.6) is 5.75 Å². The molecule has 0 atom stereocenters. The Bertz CT molecular complexity index is 809. The average Bonchev–Trinajstić information content (AvgIpc) is 2.92. The van der Waals surface area contributed by atoms with Gasteiger partial charge in [-0.3, -0.25) is 4.79 Å². The van der Waals surface area contributed by atoms with Crippen LogP contribution in [0.25, 0.3) is 10.9 Å². The molecule has 0 saturated heterocycles.